The maximum absolute atomic E-state index is 12.9. The second-order valence-corrected chi connectivity index (χ2v) is 7.43. The normalized spacial score (nSPS) is 11.0. The van der Waals surface area contributed by atoms with Gasteiger partial charge in [0.05, 0.1) is 11.8 Å². The molecule has 0 aliphatic carbocycles. The van der Waals surface area contributed by atoms with Crippen molar-refractivity contribution in [3.8, 4) is 11.8 Å². The zero-order valence-corrected chi connectivity index (χ0v) is 18.3. The Balaban J connectivity index is 1.61. The molecule has 35 heavy (non-hydrogen) atoms. The van der Waals surface area contributed by atoms with E-state index in [4.69, 9.17) is 11.5 Å². The van der Waals surface area contributed by atoms with E-state index in [1.54, 1.807) is 47.1 Å². The number of aliphatic imine (C=N–C) groups is 1. The number of alkyl halides is 3. The summed E-state index contributed by atoms with van der Waals surface area (Å²) in [6.07, 6.45) is -0.230. The molecule has 3 aromatic heterocycles. The number of anilines is 1. The molecule has 11 heteroatoms. The Morgan fingerprint density at radius 1 is 1.11 bits per heavy atom. The zero-order chi connectivity index (χ0) is 25.2. The third kappa shape index (κ3) is 5.22. The number of nitrogens with one attached hydrogen (secondary N) is 1. The third-order valence-corrected chi connectivity index (χ3v) is 4.92. The van der Waals surface area contributed by atoms with Gasteiger partial charge in [-0.2, -0.15) is 13.2 Å². The Hall–Kier alpha value is -4.85. The van der Waals surface area contributed by atoms with Crippen LogP contribution in [0.5, 0.6) is 0 Å². The van der Waals surface area contributed by atoms with E-state index in [1.165, 1.54) is 0 Å². The fraction of sp³-hybridized carbons (Fsp3) is 0.0833. The molecule has 1 aromatic carbocycles. The Bertz CT molecular complexity index is 1520. The number of benzene rings is 1. The predicted octanol–water partition coefficient (Wildman–Crippen LogP) is 3.61. The summed E-state index contributed by atoms with van der Waals surface area (Å²) in [6.45, 7) is 1.82. The fourth-order valence-corrected chi connectivity index (χ4v) is 3.21. The highest BCUT2D eigenvalue weighted by atomic mass is 19.4. The van der Waals surface area contributed by atoms with Crippen LogP contribution in [0.25, 0.3) is 5.65 Å². The monoisotopic (exact) mass is 477 g/mol. The van der Waals surface area contributed by atoms with E-state index in [2.05, 4.69) is 32.1 Å². The molecule has 5 N–H and O–H groups in total. The maximum atomic E-state index is 12.9. The highest BCUT2D eigenvalue weighted by Gasteiger charge is 2.30. The van der Waals surface area contributed by atoms with E-state index in [1.807, 2.05) is 6.92 Å². The quantitative estimate of drug-likeness (QED) is 0.236. The van der Waals surface area contributed by atoms with Crippen LogP contribution in [0.2, 0.25) is 0 Å². The molecule has 1 amide bonds. The molecule has 0 atom stereocenters. The number of nitrogens with zero attached hydrogens (tertiary/aromatic N) is 4. The minimum atomic E-state index is -4.54. The number of amides is 1. The Kier molecular flexibility index (Phi) is 6.12. The molecule has 0 aliphatic heterocycles. The minimum absolute atomic E-state index is 0.0974. The highest BCUT2D eigenvalue weighted by Crippen LogP contribution is 2.30. The van der Waals surface area contributed by atoms with Crippen molar-refractivity contribution in [3.63, 3.8) is 0 Å². The maximum Gasteiger partial charge on any atom is 0.416 e. The molecule has 0 saturated carbocycles. The molecule has 8 nitrogen and oxygen atoms in total. The number of carbonyl (C=O) groups is 1. The average Bonchev–Trinajstić information content (AvgIpc) is 3.22. The van der Waals surface area contributed by atoms with Crippen molar-refractivity contribution >= 4 is 29.0 Å². The largest absolute Gasteiger partial charge is 0.416 e. The lowest BCUT2D eigenvalue weighted by Gasteiger charge is -2.09. The Morgan fingerprint density at radius 2 is 1.91 bits per heavy atom. The molecule has 4 aromatic rings. The van der Waals surface area contributed by atoms with Crippen molar-refractivity contribution in [2.75, 3.05) is 5.32 Å². The van der Waals surface area contributed by atoms with Gasteiger partial charge in [-0.05, 0) is 54.8 Å². The number of hydrogen-bond donors (Lipinski definition) is 3. The average molecular weight is 477 g/mol. The van der Waals surface area contributed by atoms with Crippen LogP contribution >= 0.6 is 0 Å². The number of carbonyl (C=O) groups excluding carboxylic acids is 1. The minimum Gasteiger partial charge on any atom is -0.370 e. The first kappa shape index (κ1) is 23.3. The van der Waals surface area contributed by atoms with E-state index in [0.717, 1.165) is 23.9 Å². The van der Waals surface area contributed by atoms with E-state index in [9.17, 15) is 18.0 Å². The number of fused-ring (bicyclic) bond motifs is 1. The summed E-state index contributed by atoms with van der Waals surface area (Å²) in [7, 11) is 0. The van der Waals surface area contributed by atoms with Crippen molar-refractivity contribution in [2.24, 2.45) is 16.5 Å². The van der Waals surface area contributed by atoms with E-state index in [0.29, 0.717) is 22.6 Å². The lowest BCUT2D eigenvalue weighted by Crippen LogP contribution is -2.21. The summed E-state index contributed by atoms with van der Waals surface area (Å²) in [5.41, 5.74) is 13.2. The number of halogens is 3. The molecule has 4 rings (SSSR count). The second kappa shape index (κ2) is 9.18. The van der Waals surface area contributed by atoms with Crippen LogP contribution in [0.3, 0.4) is 0 Å². The topological polar surface area (TPSA) is 124 Å². The van der Waals surface area contributed by atoms with Crippen LogP contribution in [0.15, 0.2) is 66.0 Å². The summed E-state index contributed by atoms with van der Waals surface area (Å²) in [5, 5.41) is 2.39. The van der Waals surface area contributed by atoms with Crippen LogP contribution in [0, 0.1) is 18.8 Å². The fourth-order valence-electron chi connectivity index (χ4n) is 3.21. The summed E-state index contributed by atoms with van der Waals surface area (Å²) in [4.78, 5) is 24.8. The SMILES string of the molecule is Cc1ccc(C(=O)Nc2cc(C(F)(F)F)ccn2)cc1C#Cc1cnc2c(N=C(N)N)cccn12. The van der Waals surface area contributed by atoms with Gasteiger partial charge < -0.3 is 16.8 Å². The standard InChI is InChI=1S/C24H18F3N7O/c1-14-4-5-16(22(35)33-20-12-17(8-9-30-20)24(25,26)27)11-15(14)6-7-18-13-31-21-19(32-23(28)29)3-2-10-34(18)21/h2-5,8-13H,1H3,(H4,28,29,32)(H,30,33,35). The molecular weight excluding hydrogens is 459 g/mol. The molecule has 0 aliphatic rings. The number of nitrogens with two attached hydrogens (primary N) is 2. The zero-order valence-electron chi connectivity index (χ0n) is 18.3. The highest BCUT2D eigenvalue weighted by molar-refractivity contribution is 6.04. The second-order valence-electron chi connectivity index (χ2n) is 7.43. The summed E-state index contributed by atoms with van der Waals surface area (Å²) < 4.78 is 40.5. The van der Waals surface area contributed by atoms with Gasteiger partial charge in [0.2, 0.25) is 0 Å². The first-order valence-corrected chi connectivity index (χ1v) is 10.1. The van der Waals surface area contributed by atoms with Gasteiger partial charge in [-0.3, -0.25) is 9.20 Å². The van der Waals surface area contributed by atoms with Crippen LogP contribution in [-0.4, -0.2) is 26.2 Å². The van der Waals surface area contributed by atoms with Crippen molar-refractivity contribution < 1.29 is 18.0 Å². The number of rotatable bonds is 3. The van der Waals surface area contributed by atoms with Gasteiger partial charge in [0, 0.05) is 23.5 Å². The van der Waals surface area contributed by atoms with Crippen LogP contribution in [0.1, 0.15) is 32.7 Å². The molecular formula is C24H18F3N7O. The summed E-state index contributed by atoms with van der Waals surface area (Å²) in [5.74, 6) is 5.11. The van der Waals surface area contributed by atoms with Gasteiger partial charge in [-0.15, -0.1) is 0 Å². The smallest absolute Gasteiger partial charge is 0.370 e. The molecule has 0 bridgehead atoms. The number of guanidine groups is 1. The first-order chi connectivity index (χ1) is 16.6. The lowest BCUT2D eigenvalue weighted by atomic mass is 10.0. The van der Waals surface area contributed by atoms with Gasteiger partial charge in [-0.25, -0.2) is 15.0 Å². The number of aromatic nitrogens is 3. The van der Waals surface area contributed by atoms with Gasteiger partial charge in [0.1, 0.15) is 17.2 Å². The van der Waals surface area contributed by atoms with Crippen molar-refractivity contribution in [1.82, 2.24) is 14.4 Å². The van der Waals surface area contributed by atoms with Crippen molar-refractivity contribution in [2.45, 2.75) is 13.1 Å². The molecule has 0 unspecified atom stereocenters. The van der Waals surface area contributed by atoms with Crippen LogP contribution in [-0.2, 0) is 6.18 Å². The van der Waals surface area contributed by atoms with Gasteiger partial charge in [-0.1, -0.05) is 12.0 Å². The Labute approximate surface area is 197 Å². The van der Waals surface area contributed by atoms with E-state index < -0.39 is 17.6 Å². The molecule has 3 heterocycles. The van der Waals surface area contributed by atoms with Crippen molar-refractivity contribution in [1.29, 1.82) is 0 Å². The number of pyridine rings is 2. The molecule has 176 valence electrons. The van der Waals surface area contributed by atoms with Crippen LogP contribution < -0.4 is 16.8 Å². The number of imidazole rings is 1. The lowest BCUT2D eigenvalue weighted by molar-refractivity contribution is -0.137. The van der Waals surface area contributed by atoms with E-state index in [-0.39, 0.29) is 17.3 Å². The van der Waals surface area contributed by atoms with Gasteiger partial charge >= 0.3 is 6.18 Å². The van der Waals surface area contributed by atoms with Crippen LogP contribution in [0.4, 0.5) is 24.7 Å². The number of aryl methyl sites for hydroxylation is 1. The molecule has 0 saturated heterocycles. The molecule has 0 fully saturated rings. The third-order valence-electron chi connectivity index (χ3n) is 4.92. The first-order valence-electron chi connectivity index (χ1n) is 10.1. The summed E-state index contributed by atoms with van der Waals surface area (Å²) in [6, 6.07) is 9.87. The Morgan fingerprint density at radius 3 is 2.66 bits per heavy atom. The van der Waals surface area contributed by atoms with Gasteiger partial charge in [0.15, 0.2) is 11.6 Å². The number of hydrogen-bond acceptors (Lipinski definition) is 4. The molecule has 0 spiro atoms. The van der Waals surface area contributed by atoms with Gasteiger partial charge in [0.25, 0.3) is 5.91 Å². The summed E-state index contributed by atoms with van der Waals surface area (Å²) >= 11 is 0. The van der Waals surface area contributed by atoms with E-state index >= 15 is 0 Å². The predicted molar refractivity (Wildman–Crippen MR) is 125 cm³/mol. The molecule has 0 radical (unpaired) electrons. The van der Waals surface area contributed by atoms with Crippen molar-refractivity contribution in [3.05, 3.63) is 89.0 Å².